The molecule has 18 heterocycles. The SMILES string of the molecule is Cn1c2ccccc2c2c3c4cccc5c6cc7c(cc6n(c3ccc21)c54)c1cccc2c3c4c5ccccc5n(Cc5ccc6c8c9c%10cc%11c(cc%10n%10c%12ccccc%12c(cc8n(C)c6c5)c9%10)c5c6c8ccccc8n(C)c6cc6c8cc(-c9cccc%10c9c9cc%12c%13ccccc%13n%13c%14cc%15c%16c%17c(cc%18c%19ccccc%19n(c%15cc%14c(c9n%10C)c%12%13)c%18%16)c9ccccc9n%17C)ccc8n%11c65)c4ccc3n7c12. The molecule has 0 spiro atoms. The Labute approximate surface area is 811 Å². The Morgan fingerprint density at radius 3 is 1.01 bits per heavy atom. The molecule has 0 unspecified atom stereocenters. The van der Waals surface area contributed by atoms with E-state index < -0.39 is 0 Å². The number of nitrogens with zero attached hydrogens (tertiary/aromatic N) is 12. The quantitative estimate of drug-likeness (QED) is 0.169. The Balaban J connectivity index is 0.520. The molecule has 662 valence electrons. The summed E-state index contributed by atoms with van der Waals surface area (Å²) in [7, 11) is 11.4. The van der Waals surface area contributed by atoms with Gasteiger partial charge in [-0.3, -0.25) is 0 Å². The molecule has 0 fully saturated rings. The first-order valence-electron chi connectivity index (χ1n) is 50.5. The van der Waals surface area contributed by atoms with E-state index in [-0.39, 0.29) is 0 Å². The molecule has 39 rings (SSSR count). The van der Waals surface area contributed by atoms with Crippen molar-refractivity contribution in [1.29, 1.82) is 0 Å². The standard InChI is InChI=1S/C132H74N12/c1-133-93-36-14-10-27-73(93)115-101(133)47-49-103-119(115)77-33-20-31-71-80-56-107-81(55-106(80)143(103)125(71)77)72-32-21-34-78-120-104(144(107)126(72)78)50-48-102-116(120)75-29-12-16-38-95(75)138(102)63-64-43-45-76-105(51-64)135(3)113-57-85-70-26-9-19-41-98(70)139-108-59-88-109(60-87(108)122(118(76)113)129(85)139)142-99-46-44-65(52-79(99)86-58-112-117(121(88)130(86)142)74-28-11-15-37-94(74)134(112)2)66-30-22-42-100-114(66)91-54-84-69-25-8-18-40-97(69)141-111-61-89-110(62-90(111)124(132(84)141)128(91)137(100)5)140-96-39-17-7-24-68(96)83-53-82-67-23-6-13-35-92(67)136(4)127(82)123(89)131(83)140/h6-62H,63H2,1-5H3. The molecule has 0 bridgehead atoms. The topological polar surface area (TPSA) is 56.0 Å². The number of aryl methyl sites for hydroxylation is 5. The molecule has 18 aromatic heterocycles. The molecule has 0 N–H and O–H groups in total. The van der Waals surface area contributed by atoms with Crippen LogP contribution in [0.4, 0.5) is 0 Å². The van der Waals surface area contributed by atoms with Crippen molar-refractivity contribution in [3.63, 3.8) is 0 Å². The third-order valence-electron chi connectivity index (χ3n) is 36.3. The van der Waals surface area contributed by atoms with Gasteiger partial charge < -0.3 is 53.8 Å². The molecular formula is C132H74N12. The largest absolute Gasteiger partial charge is 0.344 e. The van der Waals surface area contributed by atoms with E-state index in [9.17, 15) is 0 Å². The molecule has 39 aromatic rings. The van der Waals surface area contributed by atoms with Crippen LogP contribution in [0.15, 0.2) is 346 Å². The van der Waals surface area contributed by atoms with Crippen molar-refractivity contribution in [2.24, 2.45) is 35.2 Å². The van der Waals surface area contributed by atoms with Crippen LogP contribution in [0.25, 0.3) is 371 Å². The summed E-state index contributed by atoms with van der Waals surface area (Å²) >= 11 is 0. The first-order chi connectivity index (χ1) is 71.1. The van der Waals surface area contributed by atoms with Crippen molar-refractivity contribution in [3.8, 4) is 11.1 Å². The molecule has 0 amide bonds. The summed E-state index contributed by atoms with van der Waals surface area (Å²) < 4.78 is 30.6. The van der Waals surface area contributed by atoms with Gasteiger partial charge in [-0.15, -0.1) is 0 Å². The second-order valence-corrected chi connectivity index (χ2v) is 42.2. The number of fused-ring (bicyclic) bond motifs is 60. The van der Waals surface area contributed by atoms with E-state index in [0.717, 1.165) is 0 Å². The Bertz CT molecular complexity index is 13200. The second-order valence-electron chi connectivity index (χ2n) is 42.2. The van der Waals surface area contributed by atoms with Gasteiger partial charge in [0.05, 0.1) is 127 Å². The highest BCUT2D eigenvalue weighted by atomic mass is 15.0. The molecule has 144 heavy (non-hydrogen) atoms. The third-order valence-corrected chi connectivity index (χ3v) is 36.3. The highest BCUT2D eigenvalue weighted by Crippen LogP contribution is 2.58. The van der Waals surface area contributed by atoms with Crippen molar-refractivity contribution in [3.05, 3.63) is 351 Å². The Morgan fingerprint density at radius 1 is 0.139 bits per heavy atom. The molecule has 0 atom stereocenters. The minimum atomic E-state index is 0.694. The molecule has 0 saturated carbocycles. The summed E-state index contributed by atoms with van der Waals surface area (Å²) in [5, 5.41) is 46.2. The van der Waals surface area contributed by atoms with Crippen molar-refractivity contribution < 1.29 is 0 Å². The zero-order valence-corrected chi connectivity index (χ0v) is 78.5. The second kappa shape index (κ2) is 23.7. The van der Waals surface area contributed by atoms with E-state index >= 15 is 0 Å². The predicted octanol–water partition coefficient (Wildman–Crippen LogP) is 33.6. The molecule has 0 radical (unpaired) electrons. The number of benzene rings is 21. The average Bonchev–Trinajstić information content (AvgIpc) is 1.49. The summed E-state index contributed by atoms with van der Waals surface area (Å²) in [4.78, 5) is 0. The van der Waals surface area contributed by atoms with Crippen LogP contribution in [-0.4, -0.2) is 53.8 Å². The number of para-hydroxylation sites is 9. The van der Waals surface area contributed by atoms with Crippen LogP contribution in [-0.2, 0) is 41.8 Å². The maximum atomic E-state index is 2.67. The van der Waals surface area contributed by atoms with Gasteiger partial charge in [-0.05, 0) is 168 Å². The van der Waals surface area contributed by atoms with Crippen LogP contribution < -0.4 is 0 Å². The summed E-state index contributed by atoms with van der Waals surface area (Å²) in [6.07, 6.45) is 0. The van der Waals surface area contributed by atoms with E-state index in [1.54, 1.807) is 0 Å². The fourth-order valence-electron chi connectivity index (χ4n) is 30.7. The molecular weight excluding hydrogens is 1750 g/mol. The number of aromatic nitrogens is 12. The van der Waals surface area contributed by atoms with E-state index in [1.807, 2.05) is 0 Å². The van der Waals surface area contributed by atoms with Gasteiger partial charge in [0, 0.05) is 274 Å². The normalized spacial score (nSPS) is 13.5. The minimum Gasteiger partial charge on any atom is -0.344 e. The lowest BCUT2D eigenvalue weighted by molar-refractivity contribution is 0.869. The van der Waals surface area contributed by atoms with Crippen molar-refractivity contribution >= 4 is 359 Å². The maximum absolute atomic E-state index is 2.67. The number of rotatable bonds is 3. The highest BCUT2D eigenvalue weighted by Gasteiger charge is 2.35. The van der Waals surface area contributed by atoms with Gasteiger partial charge in [-0.1, -0.05) is 194 Å². The van der Waals surface area contributed by atoms with E-state index in [0.29, 0.717) is 6.54 Å². The number of hydrogen-bond acceptors (Lipinski definition) is 0. The molecule has 0 aliphatic rings. The molecule has 12 heteroatoms. The van der Waals surface area contributed by atoms with Gasteiger partial charge in [0.25, 0.3) is 0 Å². The smallest absolute Gasteiger partial charge is 0.0641 e. The average molecular weight is 1830 g/mol. The predicted molar refractivity (Wildman–Crippen MR) is 608 cm³/mol. The summed E-state index contributed by atoms with van der Waals surface area (Å²) in [6.45, 7) is 0.694. The zero-order chi connectivity index (χ0) is 92.8. The maximum Gasteiger partial charge on any atom is 0.0641 e. The van der Waals surface area contributed by atoms with Gasteiger partial charge in [0.15, 0.2) is 0 Å². The van der Waals surface area contributed by atoms with Crippen LogP contribution in [0.3, 0.4) is 0 Å². The number of hydrogen-bond donors (Lipinski definition) is 0. The van der Waals surface area contributed by atoms with Crippen molar-refractivity contribution in [1.82, 2.24) is 53.8 Å². The van der Waals surface area contributed by atoms with Crippen LogP contribution in [0.2, 0.25) is 0 Å². The van der Waals surface area contributed by atoms with Gasteiger partial charge in [0.1, 0.15) is 0 Å². The monoisotopic (exact) mass is 1830 g/mol. The van der Waals surface area contributed by atoms with Crippen LogP contribution in [0.5, 0.6) is 0 Å². The Hall–Kier alpha value is -18.8. The molecule has 12 nitrogen and oxygen atoms in total. The molecule has 0 aliphatic carbocycles. The lowest BCUT2D eigenvalue weighted by Crippen LogP contribution is -1.99. The summed E-state index contributed by atoms with van der Waals surface area (Å²) in [5.41, 5.74) is 41.0. The summed E-state index contributed by atoms with van der Waals surface area (Å²) in [5.74, 6) is 0. The van der Waals surface area contributed by atoms with E-state index in [4.69, 9.17) is 0 Å². The van der Waals surface area contributed by atoms with Gasteiger partial charge >= 0.3 is 0 Å². The zero-order valence-electron chi connectivity index (χ0n) is 78.5. The molecule has 21 aromatic carbocycles. The fraction of sp³-hybridized carbons (Fsp3) is 0.0455. The minimum absolute atomic E-state index is 0.694. The van der Waals surface area contributed by atoms with Crippen molar-refractivity contribution in [2.45, 2.75) is 6.54 Å². The van der Waals surface area contributed by atoms with Crippen LogP contribution >= 0.6 is 0 Å². The molecule has 0 aliphatic heterocycles. The van der Waals surface area contributed by atoms with Gasteiger partial charge in [0.2, 0.25) is 0 Å². The van der Waals surface area contributed by atoms with Gasteiger partial charge in [-0.25, -0.2) is 0 Å². The lowest BCUT2D eigenvalue weighted by Gasteiger charge is -2.09. The van der Waals surface area contributed by atoms with Crippen molar-refractivity contribution in [2.75, 3.05) is 0 Å². The Kier molecular flexibility index (Phi) is 11.9. The first kappa shape index (κ1) is 72.5. The summed E-state index contributed by atoms with van der Waals surface area (Å²) in [6, 6.07) is 135. The first-order valence-corrected chi connectivity index (χ1v) is 50.5. The lowest BCUT2D eigenvalue weighted by atomic mass is 9.95. The van der Waals surface area contributed by atoms with E-state index in [1.165, 1.54) is 376 Å². The van der Waals surface area contributed by atoms with Gasteiger partial charge in [-0.2, -0.15) is 0 Å². The molecule has 0 saturated heterocycles. The van der Waals surface area contributed by atoms with Crippen LogP contribution in [0, 0.1) is 0 Å². The third kappa shape index (κ3) is 7.72. The fourth-order valence-corrected chi connectivity index (χ4v) is 30.7. The van der Waals surface area contributed by atoms with Crippen LogP contribution in [0.1, 0.15) is 5.56 Å². The Morgan fingerprint density at radius 2 is 0.451 bits per heavy atom. The highest BCUT2D eigenvalue weighted by molar-refractivity contribution is 6.45. The van der Waals surface area contributed by atoms with E-state index in [2.05, 4.69) is 435 Å².